The van der Waals surface area contributed by atoms with Gasteiger partial charge in [-0.15, -0.1) is 0 Å². The SMILES string of the molecule is CS(=O)(=O)Oc1cc(C(=O)N=C(N)N)cc(-c2ccccc2)c1. The molecule has 0 saturated carbocycles. The number of guanidine groups is 1. The van der Waals surface area contributed by atoms with Crippen LogP contribution in [0.5, 0.6) is 5.75 Å². The standard InChI is InChI=1S/C15H15N3O4S/c1-23(20,21)22-13-8-11(10-5-3-2-4-6-10)7-12(9-13)14(19)18-15(16)17/h2-9H,1H3,(H4,16,17,18,19). The number of nitrogens with zero attached hydrogens (tertiary/aromatic N) is 1. The Morgan fingerprint density at radius 3 is 2.26 bits per heavy atom. The second kappa shape index (κ2) is 6.49. The molecule has 2 rings (SSSR count). The Balaban J connectivity index is 2.56. The molecule has 0 spiro atoms. The van der Waals surface area contributed by atoms with Gasteiger partial charge in [0.2, 0.25) is 0 Å². The third-order valence-electron chi connectivity index (χ3n) is 2.74. The lowest BCUT2D eigenvalue weighted by Crippen LogP contribution is -2.24. The van der Waals surface area contributed by atoms with Gasteiger partial charge in [0, 0.05) is 5.56 Å². The van der Waals surface area contributed by atoms with Gasteiger partial charge in [-0.25, -0.2) is 0 Å². The summed E-state index contributed by atoms with van der Waals surface area (Å²) in [4.78, 5) is 15.5. The number of hydrogen-bond acceptors (Lipinski definition) is 4. The van der Waals surface area contributed by atoms with Gasteiger partial charge < -0.3 is 15.7 Å². The van der Waals surface area contributed by atoms with Crippen molar-refractivity contribution in [2.75, 3.05) is 6.26 Å². The molecule has 0 saturated heterocycles. The molecule has 0 aliphatic carbocycles. The van der Waals surface area contributed by atoms with Crippen molar-refractivity contribution in [3.63, 3.8) is 0 Å². The van der Waals surface area contributed by atoms with Gasteiger partial charge in [0.05, 0.1) is 6.26 Å². The van der Waals surface area contributed by atoms with Crippen LogP contribution in [0, 0.1) is 0 Å². The topological polar surface area (TPSA) is 125 Å². The molecule has 0 atom stereocenters. The number of amides is 1. The molecule has 0 aliphatic heterocycles. The summed E-state index contributed by atoms with van der Waals surface area (Å²) in [7, 11) is -3.74. The van der Waals surface area contributed by atoms with E-state index in [1.807, 2.05) is 30.3 Å². The molecule has 0 aromatic heterocycles. The molecule has 0 heterocycles. The Morgan fingerprint density at radius 1 is 1.04 bits per heavy atom. The first-order valence-corrected chi connectivity index (χ1v) is 8.30. The highest BCUT2D eigenvalue weighted by molar-refractivity contribution is 7.86. The fraction of sp³-hybridized carbons (Fsp3) is 0.0667. The number of benzene rings is 2. The summed E-state index contributed by atoms with van der Waals surface area (Å²) >= 11 is 0. The first-order valence-electron chi connectivity index (χ1n) is 6.48. The minimum absolute atomic E-state index is 0.00277. The van der Waals surface area contributed by atoms with Crippen LogP contribution in [0.15, 0.2) is 53.5 Å². The predicted octanol–water partition coefficient (Wildman–Crippen LogP) is 1.11. The summed E-state index contributed by atoms with van der Waals surface area (Å²) in [5, 5.41) is 0. The van der Waals surface area contributed by atoms with Crippen LogP contribution in [0.25, 0.3) is 11.1 Å². The van der Waals surface area contributed by atoms with Crippen molar-refractivity contribution in [3.8, 4) is 16.9 Å². The Labute approximate surface area is 133 Å². The molecule has 4 N–H and O–H groups in total. The molecular formula is C15H15N3O4S. The first-order chi connectivity index (χ1) is 10.7. The highest BCUT2D eigenvalue weighted by Crippen LogP contribution is 2.27. The lowest BCUT2D eigenvalue weighted by Gasteiger charge is -2.09. The molecular weight excluding hydrogens is 318 g/mol. The smallest absolute Gasteiger partial charge is 0.306 e. The number of carbonyl (C=O) groups is 1. The maximum Gasteiger partial charge on any atom is 0.306 e. The van der Waals surface area contributed by atoms with Gasteiger partial charge in [-0.2, -0.15) is 13.4 Å². The summed E-state index contributed by atoms with van der Waals surface area (Å²) in [6.07, 6.45) is 0.916. The van der Waals surface area contributed by atoms with Gasteiger partial charge in [0.25, 0.3) is 5.91 Å². The zero-order valence-electron chi connectivity index (χ0n) is 12.3. The van der Waals surface area contributed by atoms with Crippen molar-refractivity contribution in [2.45, 2.75) is 0 Å². The zero-order chi connectivity index (χ0) is 17.0. The second-order valence-electron chi connectivity index (χ2n) is 4.74. The maximum absolute atomic E-state index is 12.0. The van der Waals surface area contributed by atoms with Crippen molar-refractivity contribution in [1.82, 2.24) is 0 Å². The Bertz CT molecular complexity index is 858. The monoisotopic (exact) mass is 333 g/mol. The second-order valence-corrected chi connectivity index (χ2v) is 6.32. The Hall–Kier alpha value is -2.87. The third-order valence-corrected chi connectivity index (χ3v) is 3.23. The quantitative estimate of drug-likeness (QED) is 0.490. The fourth-order valence-electron chi connectivity index (χ4n) is 1.92. The molecule has 0 fully saturated rings. The molecule has 0 radical (unpaired) electrons. The van der Waals surface area contributed by atoms with Gasteiger partial charge >= 0.3 is 10.1 Å². The van der Waals surface area contributed by atoms with Crippen molar-refractivity contribution in [3.05, 3.63) is 54.1 Å². The molecule has 7 nitrogen and oxygen atoms in total. The number of hydrogen-bond donors (Lipinski definition) is 2. The minimum atomic E-state index is -3.74. The number of carbonyl (C=O) groups excluding carboxylic acids is 1. The fourth-order valence-corrected chi connectivity index (χ4v) is 2.37. The van der Waals surface area contributed by atoms with Crippen molar-refractivity contribution >= 4 is 22.0 Å². The van der Waals surface area contributed by atoms with E-state index < -0.39 is 16.0 Å². The van der Waals surface area contributed by atoms with Crippen LogP contribution in [0.3, 0.4) is 0 Å². The van der Waals surface area contributed by atoms with E-state index in [1.54, 1.807) is 6.07 Å². The van der Waals surface area contributed by atoms with Crippen LogP contribution in [0.2, 0.25) is 0 Å². The van der Waals surface area contributed by atoms with Gasteiger partial charge in [0.1, 0.15) is 5.75 Å². The summed E-state index contributed by atoms with van der Waals surface area (Å²) in [5.74, 6) is -1.07. The van der Waals surface area contributed by atoms with E-state index in [0.717, 1.165) is 11.8 Å². The summed E-state index contributed by atoms with van der Waals surface area (Å²) in [5.41, 5.74) is 11.9. The van der Waals surface area contributed by atoms with Crippen LogP contribution in [-0.2, 0) is 10.1 Å². The maximum atomic E-state index is 12.0. The molecule has 120 valence electrons. The molecule has 2 aromatic carbocycles. The van der Waals surface area contributed by atoms with Crippen molar-refractivity contribution in [2.24, 2.45) is 16.5 Å². The average molecular weight is 333 g/mol. The number of aliphatic imine (C=N–C) groups is 1. The molecule has 0 aliphatic rings. The minimum Gasteiger partial charge on any atom is -0.383 e. The molecule has 2 aromatic rings. The summed E-state index contributed by atoms with van der Waals surface area (Å²) in [6, 6.07) is 13.4. The van der Waals surface area contributed by atoms with Crippen molar-refractivity contribution < 1.29 is 17.4 Å². The van der Waals surface area contributed by atoms with Crippen LogP contribution in [0.4, 0.5) is 0 Å². The molecule has 0 unspecified atom stereocenters. The predicted molar refractivity (Wildman–Crippen MR) is 87.5 cm³/mol. The highest BCUT2D eigenvalue weighted by atomic mass is 32.2. The van der Waals surface area contributed by atoms with Crippen molar-refractivity contribution in [1.29, 1.82) is 0 Å². The lowest BCUT2D eigenvalue weighted by atomic mass is 10.0. The van der Waals surface area contributed by atoms with Gasteiger partial charge in [0.15, 0.2) is 5.96 Å². The molecule has 23 heavy (non-hydrogen) atoms. The van der Waals surface area contributed by atoms with Gasteiger partial charge in [-0.3, -0.25) is 4.79 Å². The van der Waals surface area contributed by atoms with E-state index in [0.29, 0.717) is 5.56 Å². The van der Waals surface area contributed by atoms with E-state index in [-0.39, 0.29) is 17.3 Å². The largest absolute Gasteiger partial charge is 0.383 e. The first kappa shape index (κ1) is 16.5. The van der Waals surface area contributed by atoms with Gasteiger partial charge in [-0.1, -0.05) is 30.3 Å². The number of nitrogens with two attached hydrogens (primary N) is 2. The molecule has 1 amide bonds. The lowest BCUT2D eigenvalue weighted by molar-refractivity contribution is 0.100. The summed E-state index contributed by atoms with van der Waals surface area (Å²) in [6.45, 7) is 0. The molecule has 8 heteroatoms. The average Bonchev–Trinajstić information content (AvgIpc) is 2.45. The Morgan fingerprint density at radius 2 is 1.70 bits per heavy atom. The van der Waals surface area contributed by atoms with E-state index in [2.05, 4.69) is 4.99 Å². The molecule has 0 bridgehead atoms. The van der Waals surface area contributed by atoms with Crippen LogP contribution in [0.1, 0.15) is 10.4 Å². The third kappa shape index (κ3) is 4.82. The van der Waals surface area contributed by atoms with E-state index in [9.17, 15) is 13.2 Å². The van der Waals surface area contributed by atoms with E-state index in [4.69, 9.17) is 15.7 Å². The van der Waals surface area contributed by atoms with E-state index in [1.165, 1.54) is 12.1 Å². The van der Waals surface area contributed by atoms with Crippen LogP contribution < -0.4 is 15.7 Å². The normalized spacial score (nSPS) is 10.8. The zero-order valence-corrected chi connectivity index (χ0v) is 13.1. The number of rotatable bonds is 4. The highest BCUT2D eigenvalue weighted by Gasteiger charge is 2.13. The van der Waals surface area contributed by atoms with Crippen LogP contribution in [-0.4, -0.2) is 26.5 Å². The Kier molecular flexibility index (Phi) is 4.65. The summed E-state index contributed by atoms with van der Waals surface area (Å²) < 4.78 is 27.5. The van der Waals surface area contributed by atoms with Gasteiger partial charge in [-0.05, 0) is 29.3 Å². The van der Waals surface area contributed by atoms with E-state index >= 15 is 0 Å². The van der Waals surface area contributed by atoms with Crippen LogP contribution >= 0.6 is 0 Å².